The van der Waals surface area contributed by atoms with Crippen molar-refractivity contribution in [3.63, 3.8) is 0 Å². The molecule has 15 heavy (non-hydrogen) atoms. The highest BCUT2D eigenvalue weighted by Gasteiger charge is 1.90. The molecule has 0 heterocycles. The molecule has 0 unspecified atom stereocenters. The van der Waals surface area contributed by atoms with Gasteiger partial charge >= 0.3 is 0 Å². The van der Waals surface area contributed by atoms with E-state index in [1.54, 1.807) is 7.11 Å². The van der Waals surface area contributed by atoms with E-state index in [0.29, 0.717) is 0 Å². The molecule has 90 valence electrons. The van der Waals surface area contributed by atoms with Crippen LogP contribution in [0.4, 0.5) is 0 Å². The lowest BCUT2D eigenvalue weighted by Crippen LogP contribution is -2.13. The standard InChI is InChI=1S/C11H21NO.C2H6/c1-5-9-12-11(6-2)8-7-10(3)13-4;1-2/h7-8,12H,5-6,9H2,1-4H3;1-2H3/b10-7+,11-8+;. The fraction of sp³-hybridized carbons (Fsp3) is 0.692. The Morgan fingerprint density at radius 3 is 2.20 bits per heavy atom. The van der Waals surface area contributed by atoms with Crippen molar-refractivity contribution in [1.82, 2.24) is 5.32 Å². The van der Waals surface area contributed by atoms with Crippen molar-refractivity contribution in [1.29, 1.82) is 0 Å². The van der Waals surface area contributed by atoms with Crippen LogP contribution in [-0.2, 0) is 4.74 Å². The first-order valence-electron chi connectivity index (χ1n) is 5.89. The average molecular weight is 213 g/mol. The number of ether oxygens (including phenoxy) is 1. The summed E-state index contributed by atoms with van der Waals surface area (Å²) in [6.45, 7) is 11.3. The van der Waals surface area contributed by atoms with Crippen LogP contribution in [-0.4, -0.2) is 13.7 Å². The highest BCUT2D eigenvalue weighted by molar-refractivity contribution is 5.12. The van der Waals surface area contributed by atoms with Gasteiger partial charge in [-0.2, -0.15) is 0 Å². The summed E-state index contributed by atoms with van der Waals surface area (Å²) in [6.07, 6.45) is 6.26. The smallest absolute Gasteiger partial charge is 0.0925 e. The summed E-state index contributed by atoms with van der Waals surface area (Å²) in [5, 5.41) is 3.36. The minimum absolute atomic E-state index is 0.934. The van der Waals surface area contributed by atoms with Gasteiger partial charge in [-0.05, 0) is 31.9 Å². The Bertz CT molecular complexity index is 183. The molecule has 0 amide bonds. The molecule has 0 aromatic carbocycles. The molecule has 0 spiro atoms. The third-order valence-corrected chi connectivity index (χ3v) is 1.82. The van der Waals surface area contributed by atoms with Crippen LogP contribution in [0.15, 0.2) is 23.6 Å². The SMILES string of the molecule is CC.CCCN/C(=C/C=C(\C)OC)CC. The molecule has 1 N–H and O–H groups in total. The molecule has 2 heteroatoms. The molecule has 0 radical (unpaired) electrons. The predicted octanol–water partition coefficient (Wildman–Crippen LogP) is 3.86. The van der Waals surface area contributed by atoms with E-state index in [9.17, 15) is 0 Å². The highest BCUT2D eigenvalue weighted by atomic mass is 16.5. The van der Waals surface area contributed by atoms with E-state index in [1.807, 2.05) is 26.8 Å². The van der Waals surface area contributed by atoms with Gasteiger partial charge in [0, 0.05) is 12.2 Å². The van der Waals surface area contributed by atoms with E-state index >= 15 is 0 Å². The molecule has 2 nitrogen and oxygen atoms in total. The van der Waals surface area contributed by atoms with Gasteiger partial charge in [0.25, 0.3) is 0 Å². The lowest BCUT2D eigenvalue weighted by Gasteiger charge is -2.06. The summed E-state index contributed by atoms with van der Waals surface area (Å²) >= 11 is 0. The summed E-state index contributed by atoms with van der Waals surface area (Å²) in [6, 6.07) is 0. The van der Waals surface area contributed by atoms with Crippen LogP contribution in [0.2, 0.25) is 0 Å². The van der Waals surface area contributed by atoms with Gasteiger partial charge in [0.15, 0.2) is 0 Å². The maximum absolute atomic E-state index is 5.04. The Morgan fingerprint density at radius 2 is 1.80 bits per heavy atom. The number of nitrogens with one attached hydrogen (secondary N) is 1. The average Bonchev–Trinajstić information content (AvgIpc) is 2.31. The van der Waals surface area contributed by atoms with Crippen LogP contribution >= 0.6 is 0 Å². The molecule has 0 saturated heterocycles. The molecule has 0 aromatic rings. The van der Waals surface area contributed by atoms with Crippen LogP contribution in [0.1, 0.15) is 47.5 Å². The minimum atomic E-state index is 0.934. The van der Waals surface area contributed by atoms with Gasteiger partial charge in [0.05, 0.1) is 12.9 Å². The largest absolute Gasteiger partial charge is 0.501 e. The van der Waals surface area contributed by atoms with Gasteiger partial charge in [0.2, 0.25) is 0 Å². The van der Waals surface area contributed by atoms with E-state index in [-0.39, 0.29) is 0 Å². The maximum atomic E-state index is 5.04. The van der Waals surface area contributed by atoms with Crippen molar-refractivity contribution in [3.05, 3.63) is 23.6 Å². The molecule has 0 aliphatic heterocycles. The zero-order valence-electron chi connectivity index (χ0n) is 11.2. The second-order valence-corrected chi connectivity index (χ2v) is 2.95. The zero-order valence-corrected chi connectivity index (χ0v) is 11.2. The zero-order chi connectivity index (χ0) is 12.1. The van der Waals surface area contributed by atoms with Gasteiger partial charge in [-0.3, -0.25) is 0 Å². The number of methoxy groups -OCH3 is 1. The summed E-state index contributed by atoms with van der Waals surface area (Å²) in [4.78, 5) is 0. The number of hydrogen-bond donors (Lipinski definition) is 1. The number of rotatable bonds is 6. The minimum Gasteiger partial charge on any atom is -0.501 e. The fourth-order valence-corrected chi connectivity index (χ4v) is 0.873. The third kappa shape index (κ3) is 11.0. The molecule has 0 aliphatic rings. The number of allylic oxidation sites excluding steroid dienone is 4. The summed E-state index contributed by atoms with van der Waals surface area (Å²) in [5.41, 5.74) is 1.26. The molecule has 0 atom stereocenters. The molecule has 0 rings (SSSR count). The van der Waals surface area contributed by atoms with Crippen molar-refractivity contribution >= 4 is 0 Å². The second kappa shape index (κ2) is 13.1. The first-order valence-corrected chi connectivity index (χ1v) is 5.89. The first kappa shape index (κ1) is 16.5. The van der Waals surface area contributed by atoms with Crippen molar-refractivity contribution in [2.45, 2.75) is 47.5 Å². The number of hydrogen-bond acceptors (Lipinski definition) is 2. The van der Waals surface area contributed by atoms with Crippen molar-refractivity contribution in [2.75, 3.05) is 13.7 Å². The van der Waals surface area contributed by atoms with Crippen LogP contribution < -0.4 is 5.32 Å². The third-order valence-electron chi connectivity index (χ3n) is 1.82. The Morgan fingerprint density at radius 1 is 1.20 bits per heavy atom. The van der Waals surface area contributed by atoms with Gasteiger partial charge in [0.1, 0.15) is 0 Å². The molecular weight excluding hydrogens is 186 g/mol. The Hall–Kier alpha value is -0.920. The van der Waals surface area contributed by atoms with Crippen LogP contribution in [0, 0.1) is 0 Å². The fourth-order valence-electron chi connectivity index (χ4n) is 0.873. The van der Waals surface area contributed by atoms with E-state index in [1.165, 1.54) is 5.70 Å². The van der Waals surface area contributed by atoms with E-state index in [2.05, 4.69) is 25.2 Å². The van der Waals surface area contributed by atoms with Crippen molar-refractivity contribution in [3.8, 4) is 0 Å². The van der Waals surface area contributed by atoms with Crippen LogP contribution in [0.25, 0.3) is 0 Å². The second-order valence-electron chi connectivity index (χ2n) is 2.95. The maximum Gasteiger partial charge on any atom is 0.0925 e. The van der Waals surface area contributed by atoms with Crippen molar-refractivity contribution in [2.24, 2.45) is 0 Å². The monoisotopic (exact) mass is 213 g/mol. The summed E-state index contributed by atoms with van der Waals surface area (Å²) in [7, 11) is 1.69. The molecular formula is C13H27NO. The Labute approximate surface area is 95.4 Å². The molecule has 0 aliphatic carbocycles. The van der Waals surface area contributed by atoms with Crippen molar-refractivity contribution < 1.29 is 4.74 Å². The Balaban J connectivity index is 0. The first-order chi connectivity index (χ1) is 7.24. The lowest BCUT2D eigenvalue weighted by molar-refractivity contribution is 0.293. The molecule has 0 fully saturated rings. The topological polar surface area (TPSA) is 21.3 Å². The van der Waals surface area contributed by atoms with Crippen LogP contribution in [0.5, 0.6) is 0 Å². The van der Waals surface area contributed by atoms with Gasteiger partial charge in [-0.1, -0.05) is 27.7 Å². The summed E-state index contributed by atoms with van der Waals surface area (Å²) < 4.78 is 5.04. The molecule has 0 saturated carbocycles. The highest BCUT2D eigenvalue weighted by Crippen LogP contribution is 1.99. The molecule has 0 aromatic heterocycles. The van der Waals surface area contributed by atoms with E-state index in [4.69, 9.17) is 4.74 Å². The van der Waals surface area contributed by atoms with E-state index in [0.717, 1.165) is 25.1 Å². The van der Waals surface area contributed by atoms with Gasteiger partial charge in [-0.15, -0.1) is 0 Å². The quantitative estimate of drug-likeness (QED) is 0.534. The van der Waals surface area contributed by atoms with Crippen LogP contribution in [0.3, 0.4) is 0 Å². The molecule has 0 bridgehead atoms. The van der Waals surface area contributed by atoms with Gasteiger partial charge < -0.3 is 10.1 Å². The summed E-state index contributed by atoms with van der Waals surface area (Å²) in [5.74, 6) is 0.934. The Kier molecular flexibility index (Phi) is 14.4. The lowest BCUT2D eigenvalue weighted by atomic mass is 10.3. The van der Waals surface area contributed by atoms with Gasteiger partial charge in [-0.25, -0.2) is 0 Å². The van der Waals surface area contributed by atoms with E-state index < -0.39 is 0 Å². The predicted molar refractivity (Wildman–Crippen MR) is 68.8 cm³/mol. The normalized spacial score (nSPS) is 11.6.